The molecule has 252 valence electrons. The number of benzene rings is 3. The molecular weight excluding hydrogens is 631 g/mol. The molecule has 0 unspecified atom stereocenters. The predicted molar refractivity (Wildman–Crippen MR) is 182 cm³/mol. The Morgan fingerprint density at radius 1 is 1.04 bits per heavy atom. The van der Waals surface area contributed by atoms with Gasteiger partial charge >= 0.3 is 0 Å². The molecule has 0 fully saturated rings. The number of aromatic amines is 1. The number of halogens is 3. The summed E-state index contributed by atoms with van der Waals surface area (Å²) in [4.78, 5) is 33.7. The first kappa shape index (κ1) is 33.3. The smallest absolute Gasteiger partial charge is 0.290 e. The SMILES string of the molecule is Cc1ccccc1Nc1c(-c2ccnc(C(F)(F)C[C@@H](CNC(=O)c3ccccc3O)c3ccc(F)cc3)c2)[nH]c2c1C(=O)NC(C)(C)C2. The van der Waals surface area contributed by atoms with Gasteiger partial charge in [0.2, 0.25) is 0 Å². The van der Waals surface area contributed by atoms with Crippen molar-refractivity contribution in [3.8, 4) is 17.0 Å². The van der Waals surface area contributed by atoms with Gasteiger partial charge in [-0.2, -0.15) is 8.78 Å². The van der Waals surface area contributed by atoms with Gasteiger partial charge in [-0.25, -0.2) is 4.39 Å². The Kier molecular flexibility index (Phi) is 8.94. The van der Waals surface area contributed by atoms with E-state index < -0.39 is 41.2 Å². The third-order valence-corrected chi connectivity index (χ3v) is 8.71. The van der Waals surface area contributed by atoms with Gasteiger partial charge in [-0.1, -0.05) is 42.5 Å². The fraction of sp³-hybridized carbons (Fsp3) is 0.237. The number of nitrogens with one attached hydrogen (secondary N) is 4. The first-order valence-corrected chi connectivity index (χ1v) is 15.9. The molecule has 3 heterocycles. The number of anilines is 2. The number of phenolic OH excluding ortho intramolecular Hbond substituents is 1. The van der Waals surface area contributed by atoms with Gasteiger partial charge in [-0.05, 0) is 74.4 Å². The largest absolute Gasteiger partial charge is 0.507 e. The van der Waals surface area contributed by atoms with Crippen molar-refractivity contribution in [2.24, 2.45) is 0 Å². The van der Waals surface area contributed by atoms with Gasteiger partial charge in [0.1, 0.15) is 17.3 Å². The van der Waals surface area contributed by atoms with Crippen LogP contribution >= 0.6 is 0 Å². The number of H-pyrrole nitrogens is 1. The summed E-state index contributed by atoms with van der Waals surface area (Å²) < 4.78 is 46.4. The standard InChI is InChI=1S/C38H36F3N5O3/c1-22-8-4-6-10-28(22)44-34-32-29(20-37(2,3)46-36(32)49)45-33(34)24-16-17-42-31(18-24)38(40,41)19-25(23-12-14-26(39)15-13-23)21-43-35(48)27-9-5-7-11-30(27)47/h4-18,25,44-45,47H,19-21H2,1-3H3,(H,43,48)(H,46,49)/t25-/m0/s1. The molecule has 49 heavy (non-hydrogen) atoms. The van der Waals surface area contributed by atoms with Crippen LogP contribution in [0.25, 0.3) is 11.3 Å². The molecule has 0 bridgehead atoms. The number of carbonyl (C=O) groups is 2. The molecular formula is C38H36F3N5O3. The quantitative estimate of drug-likeness (QED) is 0.104. The van der Waals surface area contributed by atoms with E-state index in [1.807, 2.05) is 45.0 Å². The van der Waals surface area contributed by atoms with Crippen LogP contribution < -0.4 is 16.0 Å². The lowest BCUT2D eigenvalue weighted by Crippen LogP contribution is -2.49. The summed E-state index contributed by atoms with van der Waals surface area (Å²) >= 11 is 0. The molecule has 2 aromatic heterocycles. The highest BCUT2D eigenvalue weighted by Gasteiger charge is 2.39. The Balaban J connectivity index is 1.34. The van der Waals surface area contributed by atoms with E-state index >= 15 is 8.78 Å². The molecule has 0 saturated carbocycles. The number of hydrogen-bond donors (Lipinski definition) is 5. The normalized spacial score (nSPS) is 14.4. The number of rotatable bonds is 10. The number of pyridine rings is 1. The molecule has 2 amide bonds. The number of para-hydroxylation sites is 2. The molecule has 5 N–H and O–H groups in total. The summed E-state index contributed by atoms with van der Waals surface area (Å²) in [6.07, 6.45) is 1.03. The Labute approximate surface area is 281 Å². The molecule has 0 spiro atoms. The summed E-state index contributed by atoms with van der Waals surface area (Å²) in [7, 11) is 0. The van der Waals surface area contributed by atoms with E-state index in [2.05, 4.69) is 25.9 Å². The Hall–Kier alpha value is -5.58. The first-order valence-electron chi connectivity index (χ1n) is 15.9. The lowest BCUT2D eigenvalue weighted by Gasteiger charge is -2.30. The van der Waals surface area contributed by atoms with E-state index in [-0.39, 0.29) is 23.8 Å². The highest BCUT2D eigenvalue weighted by atomic mass is 19.3. The van der Waals surface area contributed by atoms with Crippen molar-refractivity contribution in [3.05, 3.63) is 131 Å². The second kappa shape index (κ2) is 13.1. The summed E-state index contributed by atoms with van der Waals surface area (Å²) in [5.41, 5.74) is 3.48. The zero-order chi connectivity index (χ0) is 34.9. The van der Waals surface area contributed by atoms with Crippen LogP contribution in [0.1, 0.15) is 69.4 Å². The average molecular weight is 668 g/mol. The van der Waals surface area contributed by atoms with Crippen molar-refractivity contribution >= 4 is 23.2 Å². The number of carbonyl (C=O) groups excluding carboxylic acids is 2. The van der Waals surface area contributed by atoms with Crippen LogP contribution in [0, 0.1) is 12.7 Å². The van der Waals surface area contributed by atoms with Gasteiger partial charge in [0.25, 0.3) is 17.7 Å². The molecule has 1 atom stereocenters. The minimum atomic E-state index is -3.50. The van der Waals surface area contributed by atoms with Crippen molar-refractivity contribution in [3.63, 3.8) is 0 Å². The van der Waals surface area contributed by atoms with E-state index in [9.17, 15) is 19.1 Å². The molecule has 5 aromatic rings. The van der Waals surface area contributed by atoms with Crippen LogP contribution in [-0.4, -0.2) is 39.0 Å². The molecule has 3 aromatic carbocycles. The van der Waals surface area contributed by atoms with Crippen LogP contribution in [-0.2, 0) is 12.3 Å². The van der Waals surface area contributed by atoms with E-state index in [4.69, 9.17) is 0 Å². The number of aryl methyl sites for hydroxylation is 1. The molecule has 0 saturated heterocycles. The maximum absolute atomic E-state index is 16.3. The third-order valence-electron chi connectivity index (χ3n) is 8.71. The molecule has 0 radical (unpaired) electrons. The fourth-order valence-corrected chi connectivity index (χ4v) is 6.20. The highest BCUT2D eigenvalue weighted by molar-refractivity contribution is 6.06. The maximum Gasteiger partial charge on any atom is 0.290 e. The molecule has 0 aliphatic carbocycles. The predicted octanol–water partition coefficient (Wildman–Crippen LogP) is 7.73. The number of phenols is 1. The maximum atomic E-state index is 16.3. The summed E-state index contributed by atoms with van der Waals surface area (Å²) in [5.74, 6) is -6.12. The fourth-order valence-electron chi connectivity index (χ4n) is 6.20. The first-order chi connectivity index (χ1) is 23.3. The van der Waals surface area contributed by atoms with Crippen molar-refractivity contribution < 1.29 is 27.9 Å². The van der Waals surface area contributed by atoms with Crippen LogP contribution in [0.3, 0.4) is 0 Å². The number of hydrogen-bond acceptors (Lipinski definition) is 5. The zero-order valence-electron chi connectivity index (χ0n) is 27.2. The third kappa shape index (κ3) is 7.15. The number of alkyl halides is 2. The van der Waals surface area contributed by atoms with E-state index in [1.54, 1.807) is 18.2 Å². The second-order valence-electron chi connectivity index (χ2n) is 13.0. The molecule has 11 heteroatoms. The van der Waals surface area contributed by atoms with Crippen LogP contribution in [0.5, 0.6) is 5.75 Å². The monoisotopic (exact) mass is 667 g/mol. The molecule has 1 aliphatic rings. The van der Waals surface area contributed by atoms with E-state index in [0.717, 1.165) is 11.3 Å². The summed E-state index contributed by atoms with van der Waals surface area (Å²) in [6, 6.07) is 21.6. The number of nitrogens with zero attached hydrogens (tertiary/aromatic N) is 1. The lowest BCUT2D eigenvalue weighted by atomic mass is 9.90. The van der Waals surface area contributed by atoms with Gasteiger partial charge in [-0.3, -0.25) is 14.6 Å². The minimum Gasteiger partial charge on any atom is -0.507 e. The molecule has 1 aliphatic heterocycles. The number of aromatic nitrogens is 2. The Morgan fingerprint density at radius 2 is 1.76 bits per heavy atom. The van der Waals surface area contributed by atoms with Gasteiger partial charge in [0.15, 0.2) is 0 Å². The molecule has 8 nitrogen and oxygen atoms in total. The topological polar surface area (TPSA) is 119 Å². The van der Waals surface area contributed by atoms with Gasteiger partial charge < -0.3 is 26.0 Å². The number of aromatic hydroxyl groups is 1. The average Bonchev–Trinajstić information content (AvgIpc) is 3.41. The Morgan fingerprint density at radius 3 is 2.49 bits per heavy atom. The van der Waals surface area contributed by atoms with Crippen molar-refractivity contribution in [2.45, 2.75) is 51.0 Å². The number of amides is 2. The Bertz CT molecular complexity index is 2020. The van der Waals surface area contributed by atoms with Crippen molar-refractivity contribution in [1.29, 1.82) is 0 Å². The van der Waals surface area contributed by atoms with Crippen LogP contribution in [0.2, 0.25) is 0 Å². The second-order valence-corrected chi connectivity index (χ2v) is 13.0. The van der Waals surface area contributed by atoms with Gasteiger partial charge in [0.05, 0.1) is 22.5 Å². The zero-order valence-corrected chi connectivity index (χ0v) is 27.2. The van der Waals surface area contributed by atoms with Gasteiger partial charge in [-0.15, -0.1) is 0 Å². The van der Waals surface area contributed by atoms with E-state index in [0.29, 0.717) is 40.2 Å². The summed E-state index contributed by atoms with van der Waals surface area (Å²) in [6.45, 7) is 5.54. The molecule has 6 rings (SSSR count). The van der Waals surface area contributed by atoms with E-state index in [1.165, 1.54) is 48.7 Å². The summed E-state index contributed by atoms with van der Waals surface area (Å²) in [5, 5.41) is 19.1. The van der Waals surface area contributed by atoms with Crippen LogP contribution in [0.4, 0.5) is 24.5 Å². The lowest BCUT2D eigenvalue weighted by molar-refractivity contribution is -0.0245. The van der Waals surface area contributed by atoms with Crippen molar-refractivity contribution in [1.82, 2.24) is 20.6 Å². The van der Waals surface area contributed by atoms with Gasteiger partial charge in [0, 0.05) is 54.0 Å². The minimum absolute atomic E-state index is 0.00214. The van der Waals surface area contributed by atoms with Crippen LogP contribution in [0.15, 0.2) is 91.1 Å². The van der Waals surface area contributed by atoms with Crippen molar-refractivity contribution in [2.75, 3.05) is 11.9 Å². The highest BCUT2D eigenvalue weighted by Crippen LogP contribution is 2.42. The number of fused-ring (bicyclic) bond motifs is 1.